The van der Waals surface area contributed by atoms with Gasteiger partial charge in [-0.25, -0.2) is 8.42 Å². The Hall–Kier alpha value is -1.03. The van der Waals surface area contributed by atoms with Crippen LogP contribution in [0.4, 0.5) is 5.00 Å². The molecule has 9 heteroatoms. The smallest absolute Gasteiger partial charge is 0.272 e. The van der Waals surface area contributed by atoms with Crippen molar-refractivity contribution in [3.63, 3.8) is 0 Å². The van der Waals surface area contributed by atoms with Gasteiger partial charge in [-0.3, -0.25) is 4.72 Å². The first-order chi connectivity index (χ1) is 8.12. The number of nitrogens with zero attached hydrogens (tertiary/aromatic N) is 2. The molecule has 0 bridgehead atoms. The Kier molecular flexibility index (Phi) is 3.72. The Morgan fingerprint density at radius 3 is 2.88 bits per heavy atom. The SMILES string of the molecule is NCCc1ccc(S(=O)(=O)Nc2cnns2)s1. The van der Waals surface area contributed by atoms with E-state index in [1.165, 1.54) is 17.5 Å². The van der Waals surface area contributed by atoms with Crippen LogP contribution in [0, 0.1) is 0 Å². The Bertz CT molecular complexity index is 576. The topological polar surface area (TPSA) is 98.0 Å². The minimum atomic E-state index is -3.52. The summed E-state index contributed by atoms with van der Waals surface area (Å²) in [6, 6.07) is 3.35. The van der Waals surface area contributed by atoms with E-state index >= 15 is 0 Å². The zero-order valence-corrected chi connectivity index (χ0v) is 11.1. The standard InChI is InChI=1S/C8H10N4O2S3/c9-4-3-6-1-2-8(15-6)17(13,14)11-7-5-10-12-16-7/h1-2,5,11H,3-4,9H2. The number of rotatable bonds is 5. The number of hydrogen-bond acceptors (Lipinski definition) is 7. The summed E-state index contributed by atoms with van der Waals surface area (Å²) in [5, 5.41) is 3.96. The van der Waals surface area contributed by atoms with Crippen molar-refractivity contribution in [3.8, 4) is 0 Å². The van der Waals surface area contributed by atoms with Gasteiger partial charge in [0.2, 0.25) is 0 Å². The van der Waals surface area contributed by atoms with Crippen molar-refractivity contribution in [2.24, 2.45) is 5.73 Å². The normalized spacial score (nSPS) is 11.6. The molecular formula is C8H10N4O2S3. The van der Waals surface area contributed by atoms with Crippen LogP contribution in [0.5, 0.6) is 0 Å². The predicted molar refractivity (Wildman–Crippen MR) is 67.8 cm³/mol. The lowest BCUT2D eigenvalue weighted by molar-refractivity contribution is 0.603. The van der Waals surface area contributed by atoms with E-state index in [1.54, 1.807) is 12.1 Å². The van der Waals surface area contributed by atoms with E-state index in [1.807, 2.05) is 0 Å². The van der Waals surface area contributed by atoms with Gasteiger partial charge in [-0.05, 0) is 25.1 Å². The highest BCUT2D eigenvalue weighted by molar-refractivity contribution is 7.94. The van der Waals surface area contributed by atoms with Crippen molar-refractivity contribution < 1.29 is 8.42 Å². The second kappa shape index (κ2) is 5.08. The van der Waals surface area contributed by atoms with Gasteiger partial charge >= 0.3 is 0 Å². The largest absolute Gasteiger partial charge is 0.330 e. The van der Waals surface area contributed by atoms with E-state index in [0.29, 0.717) is 18.0 Å². The van der Waals surface area contributed by atoms with Crippen LogP contribution in [-0.2, 0) is 16.4 Å². The van der Waals surface area contributed by atoms with Gasteiger partial charge < -0.3 is 5.73 Å². The lowest BCUT2D eigenvalue weighted by Crippen LogP contribution is -2.10. The van der Waals surface area contributed by atoms with Gasteiger partial charge in [-0.1, -0.05) is 4.49 Å². The van der Waals surface area contributed by atoms with Crippen molar-refractivity contribution in [1.29, 1.82) is 0 Å². The van der Waals surface area contributed by atoms with E-state index in [0.717, 1.165) is 16.4 Å². The summed E-state index contributed by atoms with van der Waals surface area (Å²) in [5.74, 6) is 0. The van der Waals surface area contributed by atoms with Crippen LogP contribution in [0.1, 0.15) is 4.88 Å². The summed E-state index contributed by atoms with van der Waals surface area (Å²) in [6.07, 6.45) is 2.05. The Morgan fingerprint density at radius 2 is 2.24 bits per heavy atom. The van der Waals surface area contributed by atoms with Crippen LogP contribution in [-0.4, -0.2) is 24.5 Å². The maximum atomic E-state index is 11.9. The fourth-order valence-corrected chi connectivity index (χ4v) is 4.23. The predicted octanol–water partition coefficient (Wildman–Crippen LogP) is 0.902. The molecule has 2 aromatic rings. The fourth-order valence-electron chi connectivity index (χ4n) is 1.17. The molecule has 2 aromatic heterocycles. The van der Waals surface area contributed by atoms with Crippen molar-refractivity contribution in [2.45, 2.75) is 10.6 Å². The highest BCUT2D eigenvalue weighted by Crippen LogP contribution is 2.24. The lowest BCUT2D eigenvalue weighted by atomic mass is 10.3. The molecule has 3 N–H and O–H groups in total. The van der Waals surface area contributed by atoms with Crippen molar-refractivity contribution in [3.05, 3.63) is 23.2 Å². The fraction of sp³-hybridized carbons (Fsp3) is 0.250. The summed E-state index contributed by atoms with van der Waals surface area (Å²) in [7, 11) is -3.52. The molecule has 6 nitrogen and oxygen atoms in total. The zero-order valence-electron chi connectivity index (χ0n) is 8.66. The average Bonchev–Trinajstić information content (AvgIpc) is 2.88. The lowest BCUT2D eigenvalue weighted by Gasteiger charge is -2.01. The minimum Gasteiger partial charge on any atom is -0.330 e. The summed E-state index contributed by atoms with van der Waals surface area (Å²) in [5.41, 5.74) is 5.42. The number of hydrogen-bond donors (Lipinski definition) is 2. The molecule has 0 fully saturated rings. The van der Waals surface area contributed by atoms with Crippen LogP contribution in [0.15, 0.2) is 22.5 Å². The maximum absolute atomic E-state index is 11.9. The molecule has 0 radical (unpaired) electrons. The Labute approximate surface area is 107 Å². The molecule has 17 heavy (non-hydrogen) atoms. The van der Waals surface area contributed by atoms with Crippen molar-refractivity contribution in [1.82, 2.24) is 9.59 Å². The highest BCUT2D eigenvalue weighted by atomic mass is 32.2. The molecule has 0 aliphatic carbocycles. The molecule has 0 aliphatic rings. The summed E-state index contributed by atoms with van der Waals surface area (Å²) < 4.78 is 30.1. The van der Waals surface area contributed by atoms with Gasteiger partial charge in [0.1, 0.15) is 9.21 Å². The van der Waals surface area contributed by atoms with Gasteiger partial charge in [0.05, 0.1) is 6.20 Å². The molecule has 2 rings (SSSR count). The third kappa shape index (κ3) is 3.00. The van der Waals surface area contributed by atoms with Crippen LogP contribution in [0.2, 0.25) is 0 Å². The summed E-state index contributed by atoms with van der Waals surface area (Å²) in [4.78, 5) is 0.954. The third-order valence-corrected chi connectivity index (χ3v) is 5.60. The molecule has 0 aromatic carbocycles. The monoisotopic (exact) mass is 290 g/mol. The molecule has 2 heterocycles. The molecule has 0 spiro atoms. The maximum Gasteiger partial charge on any atom is 0.272 e. The van der Waals surface area contributed by atoms with Gasteiger partial charge in [0.15, 0.2) is 0 Å². The Morgan fingerprint density at radius 1 is 1.41 bits per heavy atom. The van der Waals surface area contributed by atoms with Gasteiger partial charge in [-0.15, -0.1) is 16.4 Å². The third-order valence-electron chi connectivity index (χ3n) is 1.89. The van der Waals surface area contributed by atoms with E-state index in [2.05, 4.69) is 14.3 Å². The summed E-state index contributed by atoms with van der Waals surface area (Å²) >= 11 is 2.21. The zero-order chi connectivity index (χ0) is 12.3. The number of aromatic nitrogens is 2. The van der Waals surface area contributed by atoms with Gasteiger partial charge in [-0.2, -0.15) is 0 Å². The second-order valence-corrected chi connectivity index (χ2v) is 7.01. The first kappa shape index (κ1) is 12.4. The number of nitrogens with two attached hydrogens (primary N) is 1. The number of anilines is 1. The van der Waals surface area contributed by atoms with Crippen LogP contribution >= 0.6 is 22.9 Å². The van der Waals surface area contributed by atoms with E-state index < -0.39 is 10.0 Å². The average molecular weight is 290 g/mol. The van der Waals surface area contributed by atoms with E-state index in [-0.39, 0.29) is 4.21 Å². The second-order valence-electron chi connectivity index (χ2n) is 3.15. The molecule has 0 aliphatic heterocycles. The summed E-state index contributed by atoms with van der Waals surface area (Å²) in [6.45, 7) is 0.506. The molecular weight excluding hydrogens is 280 g/mol. The van der Waals surface area contributed by atoms with E-state index in [4.69, 9.17) is 5.73 Å². The molecule has 0 saturated carbocycles. The van der Waals surface area contributed by atoms with Crippen molar-refractivity contribution >= 4 is 37.9 Å². The first-order valence-corrected chi connectivity index (χ1v) is 7.78. The molecule has 92 valence electrons. The number of sulfonamides is 1. The van der Waals surface area contributed by atoms with Crippen LogP contribution < -0.4 is 10.5 Å². The molecule has 0 saturated heterocycles. The molecule has 0 unspecified atom stereocenters. The Balaban J connectivity index is 2.19. The van der Waals surface area contributed by atoms with Crippen LogP contribution in [0.25, 0.3) is 0 Å². The van der Waals surface area contributed by atoms with Crippen molar-refractivity contribution in [2.75, 3.05) is 11.3 Å². The number of nitrogens with one attached hydrogen (secondary N) is 1. The number of thiophene rings is 1. The molecule has 0 amide bonds. The quantitative estimate of drug-likeness (QED) is 0.852. The highest BCUT2D eigenvalue weighted by Gasteiger charge is 2.17. The van der Waals surface area contributed by atoms with Crippen LogP contribution in [0.3, 0.4) is 0 Å². The minimum absolute atomic E-state index is 0.273. The molecule has 0 atom stereocenters. The van der Waals surface area contributed by atoms with E-state index in [9.17, 15) is 8.42 Å². The first-order valence-electron chi connectivity index (χ1n) is 4.71. The van der Waals surface area contributed by atoms with Gasteiger partial charge in [0.25, 0.3) is 10.0 Å². The van der Waals surface area contributed by atoms with Gasteiger partial charge in [0, 0.05) is 16.4 Å².